The van der Waals surface area contributed by atoms with Crippen LogP contribution in [0.5, 0.6) is 0 Å². The minimum atomic E-state index is 0.000899. The molecule has 2 aromatic rings. The first-order chi connectivity index (χ1) is 10.5. The number of aromatic nitrogens is 2. The molecule has 2 aromatic heterocycles. The largest absolute Gasteiger partial charge is 0.272 e. The maximum atomic E-state index is 5.57. The summed E-state index contributed by atoms with van der Waals surface area (Å²) < 4.78 is 0.671. The SMILES string of the molecule is Cc1cc(C2CONC(c3c(Br)nnc(C)c3C)=N2)c(C)s1. The maximum absolute atomic E-state index is 5.57. The van der Waals surface area contributed by atoms with Gasteiger partial charge in [-0.05, 0) is 60.8 Å². The molecule has 0 aromatic carbocycles. The van der Waals surface area contributed by atoms with Crippen molar-refractivity contribution in [2.75, 3.05) is 6.61 Å². The molecule has 0 amide bonds. The fourth-order valence-electron chi connectivity index (χ4n) is 2.52. The Morgan fingerprint density at radius 2 is 2.05 bits per heavy atom. The van der Waals surface area contributed by atoms with E-state index in [-0.39, 0.29) is 6.04 Å². The van der Waals surface area contributed by atoms with Gasteiger partial charge in [0.25, 0.3) is 0 Å². The van der Waals surface area contributed by atoms with Crippen molar-refractivity contribution in [3.05, 3.63) is 42.8 Å². The lowest BCUT2D eigenvalue weighted by Crippen LogP contribution is -2.33. The normalized spacial score (nSPS) is 18.0. The van der Waals surface area contributed by atoms with Crippen LogP contribution in [-0.2, 0) is 4.84 Å². The standard InChI is InChI=1S/C15H17BrN4OS/c1-7-5-11(10(4)22-7)12-6-21-20-15(17-12)13-8(2)9(3)18-19-14(13)16/h5,12H,6H2,1-4H3,(H,17,20). The molecule has 1 atom stereocenters. The van der Waals surface area contributed by atoms with E-state index in [9.17, 15) is 0 Å². The maximum Gasteiger partial charge on any atom is 0.156 e. The number of hydrogen-bond acceptors (Lipinski definition) is 6. The molecule has 1 aliphatic heterocycles. The summed E-state index contributed by atoms with van der Waals surface area (Å²) in [6.07, 6.45) is 0. The van der Waals surface area contributed by atoms with Crippen molar-refractivity contribution in [3.63, 3.8) is 0 Å². The van der Waals surface area contributed by atoms with Crippen LogP contribution in [-0.4, -0.2) is 22.6 Å². The predicted octanol–water partition coefficient (Wildman–Crippen LogP) is 3.56. The van der Waals surface area contributed by atoms with Gasteiger partial charge in [-0.3, -0.25) is 9.83 Å². The fraction of sp³-hybridized carbons (Fsp3) is 0.400. The first-order valence-corrected chi connectivity index (χ1v) is 8.60. The fourth-order valence-corrected chi connectivity index (χ4v) is 4.07. The molecule has 7 heteroatoms. The molecule has 0 fully saturated rings. The number of aliphatic imine (C=N–C) groups is 1. The molecule has 0 aliphatic carbocycles. The van der Waals surface area contributed by atoms with Gasteiger partial charge in [0.1, 0.15) is 17.3 Å². The number of rotatable bonds is 2. The van der Waals surface area contributed by atoms with Crippen LogP contribution < -0.4 is 5.48 Å². The molecule has 3 rings (SSSR count). The molecule has 5 nitrogen and oxygen atoms in total. The van der Waals surface area contributed by atoms with Gasteiger partial charge in [-0.2, -0.15) is 5.10 Å². The molecule has 0 bridgehead atoms. The van der Waals surface area contributed by atoms with Gasteiger partial charge in [0.15, 0.2) is 5.84 Å². The second-order valence-corrected chi connectivity index (χ2v) is 7.56. The molecule has 3 heterocycles. The van der Waals surface area contributed by atoms with Gasteiger partial charge in [-0.1, -0.05) is 0 Å². The summed E-state index contributed by atoms with van der Waals surface area (Å²) >= 11 is 5.26. The van der Waals surface area contributed by atoms with Crippen molar-refractivity contribution in [2.45, 2.75) is 33.7 Å². The first kappa shape index (κ1) is 15.6. The zero-order valence-electron chi connectivity index (χ0n) is 12.9. The summed E-state index contributed by atoms with van der Waals surface area (Å²) in [5.41, 5.74) is 6.98. The zero-order valence-corrected chi connectivity index (χ0v) is 15.3. The molecule has 116 valence electrons. The van der Waals surface area contributed by atoms with E-state index in [0.717, 1.165) is 16.8 Å². The Kier molecular flexibility index (Phi) is 4.29. The highest BCUT2D eigenvalue weighted by atomic mass is 79.9. The third-order valence-corrected chi connectivity index (χ3v) is 5.32. The highest BCUT2D eigenvalue weighted by Crippen LogP contribution is 2.31. The van der Waals surface area contributed by atoms with E-state index >= 15 is 0 Å². The summed E-state index contributed by atoms with van der Waals surface area (Å²) in [5.74, 6) is 0.696. The van der Waals surface area contributed by atoms with Crippen molar-refractivity contribution in [3.8, 4) is 0 Å². The number of thiophene rings is 1. The van der Waals surface area contributed by atoms with E-state index in [4.69, 9.17) is 9.83 Å². The quantitative estimate of drug-likeness (QED) is 0.864. The number of nitrogens with zero attached hydrogens (tertiary/aromatic N) is 3. The Hall–Kier alpha value is -1.31. The Morgan fingerprint density at radius 3 is 2.73 bits per heavy atom. The molecule has 22 heavy (non-hydrogen) atoms. The highest BCUT2D eigenvalue weighted by molar-refractivity contribution is 9.10. The third-order valence-electron chi connectivity index (χ3n) is 3.78. The highest BCUT2D eigenvalue weighted by Gasteiger charge is 2.24. The van der Waals surface area contributed by atoms with E-state index in [0.29, 0.717) is 17.0 Å². The van der Waals surface area contributed by atoms with Crippen molar-refractivity contribution >= 4 is 33.1 Å². The van der Waals surface area contributed by atoms with Crippen LogP contribution in [0.2, 0.25) is 0 Å². The number of nitrogens with one attached hydrogen (secondary N) is 1. The molecule has 1 unspecified atom stereocenters. The summed E-state index contributed by atoms with van der Waals surface area (Å²) in [4.78, 5) is 13.0. The monoisotopic (exact) mass is 380 g/mol. The third kappa shape index (κ3) is 2.80. The number of hydroxylamine groups is 1. The lowest BCUT2D eigenvalue weighted by atomic mass is 10.1. The van der Waals surface area contributed by atoms with Gasteiger partial charge in [0.05, 0.1) is 11.3 Å². The van der Waals surface area contributed by atoms with Crippen LogP contribution >= 0.6 is 27.3 Å². The lowest BCUT2D eigenvalue weighted by molar-refractivity contribution is 0.0621. The molecule has 0 saturated heterocycles. The van der Waals surface area contributed by atoms with Gasteiger partial charge in [0, 0.05) is 9.75 Å². The van der Waals surface area contributed by atoms with E-state index in [2.05, 4.69) is 51.5 Å². The lowest BCUT2D eigenvalue weighted by Gasteiger charge is -2.23. The second-order valence-electron chi connectivity index (χ2n) is 5.35. The van der Waals surface area contributed by atoms with Gasteiger partial charge >= 0.3 is 0 Å². The average Bonchev–Trinajstić information content (AvgIpc) is 2.83. The minimum absolute atomic E-state index is 0.000899. The van der Waals surface area contributed by atoms with Crippen molar-refractivity contribution in [2.24, 2.45) is 4.99 Å². The van der Waals surface area contributed by atoms with Crippen LogP contribution in [0.15, 0.2) is 15.7 Å². The Bertz CT molecular complexity index is 756. The molecule has 0 radical (unpaired) electrons. The zero-order chi connectivity index (χ0) is 15.9. The van der Waals surface area contributed by atoms with Gasteiger partial charge in [-0.15, -0.1) is 16.4 Å². The first-order valence-electron chi connectivity index (χ1n) is 6.99. The molecule has 1 N–H and O–H groups in total. The van der Waals surface area contributed by atoms with Crippen molar-refractivity contribution < 1.29 is 4.84 Å². The van der Waals surface area contributed by atoms with Crippen LogP contribution in [0, 0.1) is 27.7 Å². The molecular formula is C15H17BrN4OS. The Balaban J connectivity index is 2.05. The van der Waals surface area contributed by atoms with E-state index in [1.165, 1.54) is 15.3 Å². The molecule has 0 saturated carbocycles. The summed E-state index contributed by atoms with van der Waals surface area (Å²) in [6, 6.07) is 2.19. The molecule has 1 aliphatic rings. The van der Waals surface area contributed by atoms with Crippen molar-refractivity contribution in [1.82, 2.24) is 15.7 Å². The summed E-state index contributed by atoms with van der Waals surface area (Å²) in [5, 5.41) is 8.24. The number of aryl methyl sites for hydroxylation is 3. The Labute approximate surface area is 141 Å². The second kappa shape index (κ2) is 6.06. The van der Waals surface area contributed by atoms with Gasteiger partial charge in [0.2, 0.25) is 0 Å². The average molecular weight is 381 g/mol. The van der Waals surface area contributed by atoms with Crippen molar-refractivity contribution in [1.29, 1.82) is 0 Å². The summed E-state index contributed by atoms with van der Waals surface area (Å²) in [6.45, 7) is 8.72. The Morgan fingerprint density at radius 1 is 1.27 bits per heavy atom. The predicted molar refractivity (Wildman–Crippen MR) is 91.4 cm³/mol. The van der Waals surface area contributed by atoms with E-state index in [1.54, 1.807) is 11.3 Å². The van der Waals surface area contributed by atoms with Gasteiger partial charge in [-0.25, -0.2) is 5.48 Å². The number of hydrogen-bond donors (Lipinski definition) is 1. The van der Waals surface area contributed by atoms with E-state index in [1.807, 2.05) is 13.8 Å². The van der Waals surface area contributed by atoms with Crippen LogP contribution in [0.25, 0.3) is 0 Å². The molecule has 0 spiro atoms. The summed E-state index contributed by atoms with van der Waals surface area (Å²) in [7, 11) is 0. The van der Waals surface area contributed by atoms with E-state index < -0.39 is 0 Å². The molecular weight excluding hydrogens is 364 g/mol. The smallest absolute Gasteiger partial charge is 0.156 e. The minimum Gasteiger partial charge on any atom is -0.272 e. The topological polar surface area (TPSA) is 59.4 Å². The van der Waals surface area contributed by atoms with Gasteiger partial charge < -0.3 is 0 Å². The van der Waals surface area contributed by atoms with Crippen LogP contribution in [0.4, 0.5) is 0 Å². The van der Waals surface area contributed by atoms with Crippen LogP contribution in [0.1, 0.15) is 38.2 Å². The number of amidine groups is 1. The number of halogens is 1. The van der Waals surface area contributed by atoms with Crippen LogP contribution in [0.3, 0.4) is 0 Å².